The van der Waals surface area contributed by atoms with Crippen LogP contribution in [-0.2, 0) is 0 Å². The normalized spacial score (nSPS) is 9.83. The lowest BCUT2D eigenvalue weighted by atomic mass is 10.2. The smallest absolute Gasteiger partial charge is 0.179 e. The highest BCUT2D eigenvalue weighted by Crippen LogP contribution is 2.34. The molecule has 0 radical (unpaired) electrons. The first-order chi connectivity index (χ1) is 11.2. The Bertz CT molecular complexity index is 695. The summed E-state index contributed by atoms with van der Waals surface area (Å²) in [5.74, 6) is 2.40. The zero-order chi connectivity index (χ0) is 16.7. The van der Waals surface area contributed by atoms with Crippen LogP contribution in [0.5, 0.6) is 23.0 Å². The zero-order valence-electron chi connectivity index (χ0n) is 12.8. The molecule has 2 rings (SSSR count). The number of nitrogens with zero attached hydrogens (tertiary/aromatic N) is 1. The standard InChI is InChI=1S/C17H16BrNO4/c1-20-14-3-5-15(6-4-14)22-7-8-23-17-12(11-19)9-13(18)10-16(17)21-2/h3-6,9-10H,7-8H2,1-2H3. The van der Waals surface area contributed by atoms with E-state index in [1.165, 1.54) is 7.11 Å². The SMILES string of the molecule is COc1ccc(OCCOc2c(C#N)cc(Br)cc2OC)cc1. The third-order valence-electron chi connectivity index (χ3n) is 3.02. The summed E-state index contributed by atoms with van der Waals surface area (Å²) < 4.78 is 22.3. The van der Waals surface area contributed by atoms with E-state index in [9.17, 15) is 5.26 Å². The number of hydrogen-bond donors (Lipinski definition) is 0. The van der Waals surface area contributed by atoms with Crippen molar-refractivity contribution in [3.63, 3.8) is 0 Å². The third-order valence-corrected chi connectivity index (χ3v) is 3.48. The Morgan fingerprint density at radius 2 is 1.61 bits per heavy atom. The Morgan fingerprint density at radius 1 is 0.957 bits per heavy atom. The fourth-order valence-electron chi connectivity index (χ4n) is 1.93. The van der Waals surface area contributed by atoms with Gasteiger partial charge in [0.1, 0.15) is 30.8 Å². The van der Waals surface area contributed by atoms with E-state index in [1.807, 2.05) is 24.3 Å². The van der Waals surface area contributed by atoms with Gasteiger partial charge in [0.2, 0.25) is 0 Å². The molecule has 120 valence electrons. The van der Waals surface area contributed by atoms with Crippen LogP contribution >= 0.6 is 15.9 Å². The van der Waals surface area contributed by atoms with Gasteiger partial charge in [0, 0.05) is 4.47 Å². The van der Waals surface area contributed by atoms with Crippen molar-refractivity contribution in [3.8, 4) is 29.1 Å². The van der Waals surface area contributed by atoms with Gasteiger partial charge in [0.15, 0.2) is 11.5 Å². The molecule has 0 aliphatic heterocycles. The molecule has 0 saturated heterocycles. The summed E-state index contributed by atoms with van der Waals surface area (Å²) in [4.78, 5) is 0. The lowest BCUT2D eigenvalue weighted by Crippen LogP contribution is -2.10. The quantitative estimate of drug-likeness (QED) is 0.686. The lowest BCUT2D eigenvalue weighted by Gasteiger charge is -2.13. The number of hydrogen-bond acceptors (Lipinski definition) is 5. The van der Waals surface area contributed by atoms with Crippen molar-refractivity contribution in [1.29, 1.82) is 5.26 Å². The van der Waals surface area contributed by atoms with E-state index in [1.54, 1.807) is 19.2 Å². The van der Waals surface area contributed by atoms with E-state index in [4.69, 9.17) is 18.9 Å². The van der Waals surface area contributed by atoms with Gasteiger partial charge in [-0.3, -0.25) is 0 Å². The van der Waals surface area contributed by atoms with Crippen molar-refractivity contribution < 1.29 is 18.9 Å². The molecule has 5 nitrogen and oxygen atoms in total. The zero-order valence-corrected chi connectivity index (χ0v) is 14.4. The maximum Gasteiger partial charge on any atom is 0.179 e. The molecule has 0 saturated carbocycles. The maximum absolute atomic E-state index is 9.20. The molecule has 0 aliphatic rings. The number of rotatable bonds is 7. The Morgan fingerprint density at radius 3 is 2.22 bits per heavy atom. The van der Waals surface area contributed by atoms with Crippen molar-refractivity contribution in [2.24, 2.45) is 0 Å². The summed E-state index contributed by atoms with van der Waals surface area (Å²) in [5.41, 5.74) is 0.403. The van der Waals surface area contributed by atoms with Crippen molar-refractivity contribution in [1.82, 2.24) is 0 Å². The van der Waals surface area contributed by atoms with Gasteiger partial charge >= 0.3 is 0 Å². The van der Waals surface area contributed by atoms with Crippen LogP contribution < -0.4 is 18.9 Å². The van der Waals surface area contributed by atoms with Crippen LogP contribution in [0.1, 0.15) is 5.56 Å². The largest absolute Gasteiger partial charge is 0.497 e. The molecule has 0 atom stereocenters. The average molecular weight is 378 g/mol. The summed E-state index contributed by atoms with van der Waals surface area (Å²) in [6.07, 6.45) is 0. The molecule has 0 N–H and O–H groups in total. The van der Waals surface area contributed by atoms with Gasteiger partial charge in [-0.05, 0) is 36.4 Å². The number of nitriles is 1. The van der Waals surface area contributed by atoms with Crippen LogP contribution in [0.15, 0.2) is 40.9 Å². The second kappa shape index (κ2) is 8.30. The van der Waals surface area contributed by atoms with Gasteiger partial charge < -0.3 is 18.9 Å². The minimum atomic E-state index is 0.290. The van der Waals surface area contributed by atoms with Crippen LogP contribution in [0.3, 0.4) is 0 Å². The highest BCUT2D eigenvalue weighted by molar-refractivity contribution is 9.10. The van der Waals surface area contributed by atoms with Gasteiger partial charge in [0.25, 0.3) is 0 Å². The van der Waals surface area contributed by atoms with Crippen molar-refractivity contribution >= 4 is 15.9 Å². The molecule has 6 heteroatoms. The number of ether oxygens (including phenoxy) is 4. The highest BCUT2D eigenvalue weighted by atomic mass is 79.9. The van der Waals surface area contributed by atoms with Crippen LogP contribution in [0, 0.1) is 11.3 Å². The molecule has 23 heavy (non-hydrogen) atoms. The highest BCUT2D eigenvalue weighted by Gasteiger charge is 2.12. The summed E-state index contributed by atoms with van der Waals surface area (Å²) in [7, 11) is 3.14. The second-order valence-corrected chi connectivity index (χ2v) is 5.38. The summed E-state index contributed by atoms with van der Waals surface area (Å²) >= 11 is 3.33. The first-order valence-corrected chi connectivity index (χ1v) is 7.64. The fourth-order valence-corrected chi connectivity index (χ4v) is 2.36. The summed E-state index contributed by atoms with van der Waals surface area (Å²) in [6.45, 7) is 0.634. The first kappa shape index (κ1) is 17.0. The minimum absolute atomic E-state index is 0.290. The maximum atomic E-state index is 9.20. The molecule has 0 amide bonds. The Kier molecular flexibility index (Phi) is 6.12. The van der Waals surface area contributed by atoms with Gasteiger partial charge in [-0.25, -0.2) is 0 Å². The molecule has 0 heterocycles. The molecule has 0 aromatic heterocycles. The van der Waals surface area contributed by atoms with E-state index in [0.29, 0.717) is 30.3 Å². The molecule has 0 bridgehead atoms. The van der Waals surface area contributed by atoms with E-state index in [0.717, 1.165) is 16.0 Å². The minimum Gasteiger partial charge on any atom is -0.497 e. The second-order valence-electron chi connectivity index (χ2n) is 4.47. The Labute approximate surface area is 143 Å². The number of methoxy groups -OCH3 is 2. The third kappa shape index (κ3) is 4.54. The van der Waals surface area contributed by atoms with Gasteiger partial charge in [-0.15, -0.1) is 0 Å². The average Bonchev–Trinajstić information content (AvgIpc) is 2.59. The fraction of sp³-hybridized carbons (Fsp3) is 0.235. The summed E-state index contributed by atoms with van der Waals surface area (Å²) in [5, 5.41) is 9.20. The molecular weight excluding hydrogens is 362 g/mol. The first-order valence-electron chi connectivity index (χ1n) is 6.85. The Balaban J connectivity index is 1.94. The van der Waals surface area contributed by atoms with Gasteiger partial charge in [-0.2, -0.15) is 5.26 Å². The van der Waals surface area contributed by atoms with Gasteiger partial charge in [-0.1, -0.05) is 15.9 Å². The monoisotopic (exact) mass is 377 g/mol. The molecular formula is C17H16BrNO4. The van der Waals surface area contributed by atoms with Crippen molar-refractivity contribution in [3.05, 3.63) is 46.4 Å². The van der Waals surface area contributed by atoms with Crippen LogP contribution in [-0.4, -0.2) is 27.4 Å². The topological polar surface area (TPSA) is 60.7 Å². The van der Waals surface area contributed by atoms with E-state index < -0.39 is 0 Å². The molecule has 0 aliphatic carbocycles. The lowest BCUT2D eigenvalue weighted by molar-refractivity contribution is 0.211. The van der Waals surface area contributed by atoms with E-state index in [-0.39, 0.29) is 0 Å². The summed E-state index contributed by atoms with van der Waals surface area (Å²) in [6, 6.07) is 12.8. The predicted octanol–water partition coefficient (Wildman–Crippen LogP) is 3.80. The molecule has 0 fully saturated rings. The Hall–Kier alpha value is -2.39. The van der Waals surface area contributed by atoms with Crippen molar-refractivity contribution in [2.45, 2.75) is 0 Å². The van der Waals surface area contributed by atoms with Crippen LogP contribution in [0.2, 0.25) is 0 Å². The molecule has 0 unspecified atom stereocenters. The van der Waals surface area contributed by atoms with E-state index >= 15 is 0 Å². The van der Waals surface area contributed by atoms with Crippen LogP contribution in [0.4, 0.5) is 0 Å². The van der Waals surface area contributed by atoms with Crippen molar-refractivity contribution in [2.75, 3.05) is 27.4 Å². The van der Waals surface area contributed by atoms with Crippen LogP contribution in [0.25, 0.3) is 0 Å². The number of halogens is 1. The molecule has 2 aromatic carbocycles. The number of benzene rings is 2. The molecule has 2 aromatic rings. The van der Waals surface area contributed by atoms with E-state index in [2.05, 4.69) is 22.0 Å². The van der Waals surface area contributed by atoms with Gasteiger partial charge in [0.05, 0.1) is 19.8 Å². The predicted molar refractivity (Wildman–Crippen MR) is 89.4 cm³/mol. The molecule has 0 spiro atoms.